The van der Waals surface area contributed by atoms with Crippen LogP contribution in [-0.2, 0) is 6.42 Å². The minimum absolute atomic E-state index is 0.321. The second kappa shape index (κ2) is 5.68. The molecule has 0 amide bonds. The number of aromatic nitrogens is 4. The maximum Gasteiger partial charge on any atom is 0.160 e. The Balaban J connectivity index is 1.61. The third-order valence-corrected chi connectivity index (χ3v) is 4.47. The van der Waals surface area contributed by atoms with Crippen LogP contribution in [0.2, 0.25) is 0 Å². The molecule has 0 fully saturated rings. The van der Waals surface area contributed by atoms with Crippen LogP contribution >= 0.6 is 11.3 Å². The average Bonchev–Trinajstić information content (AvgIpc) is 3.05. The Bertz CT molecular complexity index is 702. The van der Waals surface area contributed by atoms with Crippen molar-refractivity contribution in [3.05, 3.63) is 46.3 Å². The van der Waals surface area contributed by atoms with Gasteiger partial charge in [-0.2, -0.15) is 0 Å². The highest BCUT2D eigenvalue weighted by Crippen LogP contribution is 2.20. The number of hydrogen-bond acceptors (Lipinski definition) is 5. The van der Waals surface area contributed by atoms with Crippen LogP contribution in [0.5, 0.6) is 0 Å². The van der Waals surface area contributed by atoms with E-state index in [0.717, 1.165) is 30.1 Å². The van der Waals surface area contributed by atoms with Gasteiger partial charge in [0.05, 0.1) is 11.2 Å². The lowest BCUT2D eigenvalue weighted by Gasteiger charge is -2.12. The number of fused-ring (bicyclic) bond motifs is 1. The molecule has 3 rings (SSSR count). The summed E-state index contributed by atoms with van der Waals surface area (Å²) in [6.45, 7) is 5.09. The van der Waals surface area contributed by atoms with Crippen molar-refractivity contribution in [3.8, 4) is 0 Å². The van der Waals surface area contributed by atoms with Gasteiger partial charge in [-0.25, -0.2) is 4.98 Å². The molecule has 20 heavy (non-hydrogen) atoms. The predicted molar refractivity (Wildman–Crippen MR) is 80.0 cm³/mol. The number of nitrogens with one attached hydrogen (secondary N) is 1. The molecule has 0 aromatic carbocycles. The molecular weight excluding hydrogens is 270 g/mol. The maximum atomic E-state index is 4.29. The zero-order chi connectivity index (χ0) is 13.9. The lowest BCUT2D eigenvalue weighted by molar-refractivity contribution is 0.573. The number of thiazole rings is 1. The minimum Gasteiger partial charge on any atom is -0.309 e. The number of pyridine rings is 1. The van der Waals surface area contributed by atoms with Crippen LogP contribution in [0.15, 0.2) is 29.9 Å². The second-order valence-electron chi connectivity index (χ2n) is 4.77. The fourth-order valence-electron chi connectivity index (χ4n) is 2.28. The number of aryl methyl sites for hydroxylation is 1. The van der Waals surface area contributed by atoms with E-state index < -0.39 is 0 Å². The third kappa shape index (κ3) is 2.57. The quantitative estimate of drug-likeness (QED) is 0.783. The summed E-state index contributed by atoms with van der Waals surface area (Å²) in [6.07, 6.45) is 2.86. The number of rotatable bonds is 5. The Hall–Kier alpha value is -1.79. The van der Waals surface area contributed by atoms with Crippen molar-refractivity contribution in [2.45, 2.75) is 26.3 Å². The van der Waals surface area contributed by atoms with Gasteiger partial charge in [-0.15, -0.1) is 21.5 Å². The minimum atomic E-state index is 0.321. The molecule has 0 bridgehead atoms. The van der Waals surface area contributed by atoms with Crippen molar-refractivity contribution in [1.82, 2.24) is 24.9 Å². The maximum absolute atomic E-state index is 4.29. The molecule has 0 saturated carbocycles. The Morgan fingerprint density at radius 1 is 1.35 bits per heavy atom. The van der Waals surface area contributed by atoms with Crippen molar-refractivity contribution >= 4 is 17.0 Å². The molecule has 5 nitrogen and oxygen atoms in total. The molecule has 1 N–H and O–H groups in total. The van der Waals surface area contributed by atoms with Crippen molar-refractivity contribution < 1.29 is 0 Å². The first-order chi connectivity index (χ1) is 9.75. The molecular formula is C14H17N5S. The molecule has 0 aliphatic rings. The highest BCUT2D eigenvalue weighted by molar-refractivity contribution is 7.09. The predicted octanol–water partition coefficient (Wildman–Crippen LogP) is 2.39. The van der Waals surface area contributed by atoms with Crippen LogP contribution in [-0.4, -0.2) is 26.1 Å². The lowest BCUT2D eigenvalue weighted by Crippen LogP contribution is -2.22. The number of hydrogen-bond donors (Lipinski definition) is 1. The van der Waals surface area contributed by atoms with Gasteiger partial charge in [-0.05, 0) is 26.0 Å². The summed E-state index contributed by atoms with van der Waals surface area (Å²) in [5.74, 6) is 0.987. The molecule has 0 aliphatic carbocycles. The summed E-state index contributed by atoms with van der Waals surface area (Å²) in [6, 6.07) is 6.26. The SMILES string of the molecule is Cc1ncsc1C(C)NCCc1nnc2ccccn12. The summed E-state index contributed by atoms with van der Waals surface area (Å²) >= 11 is 1.70. The van der Waals surface area contributed by atoms with E-state index >= 15 is 0 Å². The van der Waals surface area contributed by atoms with Crippen LogP contribution < -0.4 is 5.32 Å². The van der Waals surface area contributed by atoms with Gasteiger partial charge in [0, 0.05) is 30.1 Å². The normalized spacial score (nSPS) is 12.9. The van der Waals surface area contributed by atoms with Gasteiger partial charge < -0.3 is 5.32 Å². The van der Waals surface area contributed by atoms with Crippen LogP contribution in [0, 0.1) is 6.92 Å². The summed E-state index contributed by atoms with van der Waals surface area (Å²) in [4.78, 5) is 5.59. The third-order valence-electron chi connectivity index (χ3n) is 3.36. The highest BCUT2D eigenvalue weighted by atomic mass is 32.1. The van der Waals surface area contributed by atoms with E-state index in [-0.39, 0.29) is 0 Å². The van der Waals surface area contributed by atoms with E-state index in [1.165, 1.54) is 4.88 Å². The van der Waals surface area contributed by atoms with E-state index in [2.05, 4.69) is 34.3 Å². The Labute approximate surface area is 121 Å². The topological polar surface area (TPSA) is 55.1 Å². The summed E-state index contributed by atoms with van der Waals surface area (Å²) in [7, 11) is 0. The highest BCUT2D eigenvalue weighted by Gasteiger charge is 2.11. The molecule has 3 heterocycles. The van der Waals surface area contributed by atoms with Crippen molar-refractivity contribution in [1.29, 1.82) is 0 Å². The Morgan fingerprint density at radius 2 is 2.25 bits per heavy atom. The van der Waals surface area contributed by atoms with Crippen LogP contribution in [0.1, 0.15) is 29.4 Å². The van der Waals surface area contributed by atoms with E-state index in [1.54, 1.807) is 11.3 Å². The fourth-order valence-corrected chi connectivity index (χ4v) is 3.12. The smallest absolute Gasteiger partial charge is 0.160 e. The fraction of sp³-hybridized carbons (Fsp3) is 0.357. The van der Waals surface area contributed by atoms with Gasteiger partial charge in [0.15, 0.2) is 5.65 Å². The van der Waals surface area contributed by atoms with Crippen LogP contribution in [0.4, 0.5) is 0 Å². The molecule has 3 aromatic heterocycles. The van der Waals surface area contributed by atoms with Gasteiger partial charge in [0.1, 0.15) is 5.82 Å². The molecule has 0 radical (unpaired) electrons. The van der Waals surface area contributed by atoms with Crippen molar-refractivity contribution in [2.24, 2.45) is 0 Å². The largest absolute Gasteiger partial charge is 0.309 e. The number of nitrogens with zero attached hydrogens (tertiary/aromatic N) is 4. The monoisotopic (exact) mass is 287 g/mol. The van der Waals surface area contributed by atoms with Gasteiger partial charge in [0.25, 0.3) is 0 Å². The van der Waals surface area contributed by atoms with Gasteiger partial charge >= 0.3 is 0 Å². The summed E-state index contributed by atoms with van der Waals surface area (Å²) < 4.78 is 2.03. The first kappa shape index (κ1) is 13.2. The van der Waals surface area contributed by atoms with Crippen molar-refractivity contribution in [2.75, 3.05) is 6.54 Å². The summed E-state index contributed by atoms with van der Waals surface area (Å²) in [5, 5.41) is 11.9. The Kier molecular flexibility index (Phi) is 3.75. The molecule has 104 valence electrons. The van der Waals surface area contributed by atoms with E-state index in [1.807, 2.05) is 34.3 Å². The summed E-state index contributed by atoms with van der Waals surface area (Å²) in [5.41, 5.74) is 3.91. The van der Waals surface area contributed by atoms with Gasteiger partial charge in [-0.1, -0.05) is 6.07 Å². The molecule has 6 heteroatoms. The first-order valence-corrected chi connectivity index (χ1v) is 7.55. The van der Waals surface area contributed by atoms with Gasteiger partial charge in [0.2, 0.25) is 0 Å². The van der Waals surface area contributed by atoms with Crippen LogP contribution in [0.3, 0.4) is 0 Å². The van der Waals surface area contributed by atoms with E-state index in [9.17, 15) is 0 Å². The zero-order valence-electron chi connectivity index (χ0n) is 11.6. The molecule has 1 unspecified atom stereocenters. The molecule has 1 atom stereocenters. The average molecular weight is 287 g/mol. The zero-order valence-corrected chi connectivity index (χ0v) is 12.4. The molecule has 3 aromatic rings. The molecule has 0 saturated heterocycles. The molecule has 0 aliphatic heterocycles. The second-order valence-corrected chi connectivity index (χ2v) is 5.66. The first-order valence-electron chi connectivity index (χ1n) is 6.67. The lowest BCUT2D eigenvalue weighted by atomic mass is 10.2. The van der Waals surface area contributed by atoms with Crippen LogP contribution in [0.25, 0.3) is 5.65 Å². The standard InChI is InChI=1S/C14H17N5S/c1-10(14-11(2)16-9-20-14)15-7-6-13-18-17-12-5-3-4-8-19(12)13/h3-5,8-10,15H,6-7H2,1-2H3. The van der Waals surface area contributed by atoms with E-state index in [0.29, 0.717) is 6.04 Å². The van der Waals surface area contributed by atoms with Gasteiger partial charge in [-0.3, -0.25) is 4.40 Å². The van der Waals surface area contributed by atoms with E-state index in [4.69, 9.17) is 0 Å². The molecule has 0 spiro atoms. The van der Waals surface area contributed by atoms with Crippen molar-refractivity contribution in [3.63, 3.8) is 0 Å². The Morgan fingerprint density at radius 3 is 3.05 bits per heavy atom.